The number of methoxy groups -OCH3 is 2. The molecule has 0 atom stereocenters. The molecule has 2 N–H and O–H groups in total. The van der Waals surface area contributed by atoms with Crippen LogP contribution in [0.3, 0.4) is 0 Å². The van der Waals surface area contributed by atoms with Gasteiger partial charge in [0.15, 0.2) is 0 Å². The minimum atomic E-state index is 0.535. The highest BCUT2D eigenvalue weighted by molar-refractivity contribution is 5.54. The Labute approximate surface area is 102 Å². The van der Waals surface area contributed by atoms with Gasteiger partial charge in [0.2, 0.25) is 0 Å². The highest BCUT2D eigenvalue weighted by Crippen LogP contribution is 2.26. The van der Waals surface area contributed by atoms with Crippen LogP contribution in [0.25, 0.3) is 0 Å². The van der Waals surface area contributed by atoms with E-state index in [-0.39, 0.29) is 0 Å². The Morgan fingerprint density at radius 1 is 1.06 bits per heavy atom. The fourth-order valence-electron chi connectivity index (χ4n) is 2.09. The molecule has 0 amide bonds. The van der Waals surface area contributed by atoms with E-state index >= 15 is 0 Å². The van der Waals surface area contributed by atoms with E-state index in [1.165, 1.54) is 0 Å². The topological polar surface area (TPSA) is 42.5 Å². The van der Waals surface area contributed by atoms with E-state index in [0.29, 0.717) is 6.04 Å². The molecule has 1 aromatic carbocycles. The van der Waals surface area contributed by atoms with Crippen LogP contribution >= 0.6 is 0 Å². The first-order chi connectivity index (χ1) is 8.31. The number of ether oxygens (including phenoxy) is 2. The SMILES string of the molecule is COc1cc(NC2CCNCC2)cc(OC)c1. The average molecular weight is 236 g/mol. The van der Waals surface area contributed by atoms with Crippen molar-refractivity contribution in [1.82, 2.24) is 5.32 Å². The quantitative estimate of drug-likeness (QED) is 0.837. The molecule has 0 radical (unpaired) electrons. The van der Waals surface area contributed by atoms with Crippen molar-refractivity contribution in [2.75, 3.05) is 32.6 Å². The van der Waals surface area contributed by atoms with E-state index in [0.717, 1.165) is 43.1 Å². The van der Waals surface area contributed by atoms with E-state index in [4.69, 9.17) is 9.47 Å². The molecule has 0 bridgehead atoms. The number of hydrogen-bond donors (Lipinski definition) is 2. The lowest BCUT2D eigenvalue weighted by Gasteiger charge is -2.25. The van der Waals surface area contributed by atoms with Crippen molar-refractivity contribution in [2.45, 2.75) is 18.9 Å². The van der Waals surface area contributed by atoms with Gasteiger partial charge in [-0.05, 0) is 25.9 Å². The predicted molar refractivity (Wildman–Crippen MR) is 69.1 cm³/mol. The molecule has 0 aromatic heterocycles. The Bertz CT molecular complexity index is 340. The zero-order valence-electron chi connectivity index (χ0n) is 10.5. The molecule has 1 heterocycles. The van der Waals surface area contributed by atoms with Gasteiger partial charge < -0.3 is 20.1 Å². The second kappa shape index (κ2) is 5.77. The maximum Gasteiger partial charge on any atom is 0.124 e. The molecule has 4 heteroatoms. The highest BCUT2D eigenvalue weighted by atomic mass is 16.5. The molecule has 1 fully saturated rings. The van der Waals surface area contributed by atoms with E-state index in [1.54, 1.807) is 14.2 Å². The van der Waals surface area contributed by atoms with Crippen molar-refractivity contribution >= 4 is 5.69 Å². The second-order valence-corrected chi connectivity index (χ2v) is 4.27. The normalized spacial score (nSPS) is 16.6. The van der Waals surface area contributed by atoms with Gasteiger partial charge in [0.25, 0.3) is 0 Å². The highest BCUT2D eigenvalue weighted by Gasteiger charge is 2.13. The van der Waals surface area contributed by atoms with Crippen molar-refractivity contribution in [2.24, 2.45) is 0 Å². The lowest BCUT2D eigenvalue weighted by Crippen LogP contribution is -2.35. The molecule has 4 nitrogen and oxygen atoms in total. The van der Waals surface area contributed by atoms with Crippen molar-refractivity contribution in [1.29, 1.82) is 0 Å². The number of hydrogen-bond acceptors (Lipinski definition) is 4. The molecule has 1 aliphatic heterocycles. The van der Waals surface area contributed by atoms with Gasteiger partial charge in [-0.3, -0.25) is 0 Å². The minimum absolute atomic E-state index is 0.535. The molecule has 2 rings (SSSR count). The van der Waals surface area contributed by atoms with Gasteiger partial charge in [-0.2, -0.15) is 0 Å². The zero-order chi connectivity index (χ0) is 12.1. The summed E-state index contributed by atoms with van der Waals surface area (Å²) in [6.45, 7) is 2.16. The van der Waals surface area contributed by atoms with Crippen LogP contribution < -0.4 is 20.1 Å². The van der Waals surface area contributed by atoms with Crippen LogP contribution in [-0.2, 0) is 0 Å². The third-order valence-corrected chi connectivity index (χ3v) is 3.06. The van der Waals surface area contributed by atoms with Crippen LogP contribution in [0.5, 0.6) is 11.5 Å². The van der Waals surface area contributed by atoms with Gasteiger partial charge in [0.05, 0.1) is 14.2 Å². The Kier molecular flexibility index (Phi) is 4.09. The summed E-state index contributed by atoms with van der Waals surface area (Å²) in [5.41, 5.74) is 1.06. The Hall–Kier alpha value is -1.42. The van der Waals surface area contributed by atoms with Gasteiger partial charge in [0.1, 0.15) is 11.5 Å². The summed E-state index contributed by atoms with van der Waals surface area (Å²) >= 11 is 0. The Morgan fingerprint density at radius 2 is 1.65 bits per heavy atom. The second-order valence-electron chi connectivity index (χ2n) is 4.27. The molecule has 0 saturated carbocycles. The molecule has 0 spiro atoms. The number of piperidine rings is 1. The fraction of sp³-hybridized carbons (Fsp3) is 0.538. The van der Waals surface area contributed by atoms with Gasteiger partial charge in [-0.1, -0.05) is 0 Å². The summed E-state index contributed by atoms with van der Waals surface area (Å²) in [6, 6.07) is 6.43. The van der Waals surface area contributed by atoms with Crippen LogP contribution in [0, 0.1) is 0 Å². The van der Waals surface area contributed by atoms with Gasteiger partial charge in [-0.15, -0.1) is 0 Å². The fourth-order valence-corrected chi connectivity index (χ4v) is 2.09. The summed E-state index contributed by atoms with van der Waals surface area (Å²) in [4.78, 5) is 0. The van der Waals surface area contributed by atoms with Crippen LogP contribution in [0.2, 0.25) is 0 Å². The molecule has 94 valence electrons. The maximum atomic E-state index is 5.25. The van der Waals surface area contributed by atoms with Gasteiger partial charge in [-0.25, -0.2) is 0 Å². The third-order valence-electron chi connectivity index (χ3n) is 3.06. The van der Waals surface area contributed by atoms with E-state index in [9.17, 15) is 0 Å². The number of nitrogens with one attached hydrogen (secondary N) is 2. The van der Waals surface area contributed by atoms with Crippen LogP contribution in [0.1, 0.15) is 12.8 Å². The van der Waals surface area contributed by atoms with Crippen molar-refractivity contribution in [3.05, 3.63) is 18.2 Å². The summed E-state index contributed by atoms with van der Waals surface area (Å²) in [5, 5.41) is 6.89. The lowest BCUT2D eigenvalue weighted by molar-refractivity contribution is 0.394. The Balaban J connectivity index is 2.07. The van der Waals surface area contributed by atoms with E-state index in [2.05, 4.69) is 10.6 Å². The van der Waals surface area contributed by atoms with E-state index in [1.807, 2.05) is 18.2 Å². The number of anilines is 1. The van der Waals surface area contributed by atoms with Gasteiger partial charge >= 0.3 is 0 Å². The van der Waals surface area contributed by atoms with Crippen LogP contribution in [0.15, 0.2) is 18.2 Å². The smallest absolute Gasteiger partial charge is 0.124 e. The van der Waals surface area contributed by atoms with Gasteiger partial charge in [0, 0.05) is 29.9 Å². The predicted octanol–water partition coefficient (Wildman–Crippen LogP) is 1.87. The molecular formula is C13H20N2O2. The van der Waals surface area contributed by atoms with Crippen molar-refractivity contribution in [3.63, 3.8) is 0 Å². The molecule has 17 heavy (non-hydrogen) atoms. The average Bonchev–Trinajstić information content (AvgIpc) is 2.39. The number of rotatable bonds is 4. The first-order valence-corrected chi connectivity index (χ1v) is 6.02. The van der Waals surface area contributed by atoms with Crippen molar-refractivity contribution in [3.8, 4) is 11.5 Å². The summed E-state index contributed by atoms with van der Waals surface area (Å²) in [6.07, 6.45) is 2.30. The largest absolute Gasteiger partial charge is 0.497 e. The molecule has 1 saturated heterocycles. The molecule has 0 aliphatic carbocycles. The lowest BCUT2D eigenvalue weighted by atomic mass is 10.1. The monoisotopic (exact) mass is 236 g/mol. The van der Waals surface area contributed by atoms with Crippen molar-refractivity contribution < 1.29 is 9.47 Å². The summed E-state index contributed by atoms with van der Waals surface area (Å²) in [7, 11) is 3.34. The molecule has 0 unspecified atom stereocenters. The third kappa shape index (κ3) is 3.27. The first-order valence-electron chi connectivity index (χ1n) is 6.02. The molecule has 1 aliphatic rings. The zero-order valence-corrected chi connectivity index (χ0v) is 10.5. The Morgan fingerprint density at radius 3 is 2.18 bits per heavy atom. The van der Waals surface area contributed by atoms with Crippen LogP contribution in [-0.4, -0.2) is 33.4 Å². The first kappa shape index (κ1) is 12.0. The van der Waals surface area contributed by atoms with Crippen LogP contribution in [0.4, 0.5) is 5.69 Å². The minimum Gasteiger partial charge on any atom is -0.497 e. The molecule has 1 aromatic rings. The standard InChI is InChI=1S/C13H20N2O2/c1-16-12-7-11(8-13(9-12)17-2)15-10-3-5-14-6-4-10/h7-10,14-15H,3-6H2,1-2H3. The molecular weight excluding hydrogens is 216 g/mol. The number of benzene rings is 1. The summed E-state index contributed by atoms with van der Waals surface area (Å²) in [5.74, 6) is 1.64. The van der Waals surface area contributed by atoms with E-state index < -0.39 is 0 Å². The summed E-state index contributed by atoms with van der Waals surface area (Å²) < 4.78 is 10.5. The maximum absolute atomic E-state index is 5.25.